The number of ether oxygens (including phenoxy) is 2. The van der Waals surface area contributed by atoms with Gasteiger partial charge in [0.05, 0.1) is 18.0 Å². The molecule has 2 aromatic carbocycles. The number of carbonyl (C=O) groups is 1. The van der Waals surface area contributed by atoms with E-state index in [-0.39, 0.29) is 23.8 Å². The van der Waals surface area contributed by atoms with Crippen molar-refractivity contribution in [2.24, 2.45) is 0 Å². The van der Waals surface area contributed by atoms with Crippen LogP contribution < -0.4 is 14.8 Å². The third-order valence-corrected chi connectivity index (χ3v) is 5.80. The number of aryl methyl sites for hydroxylation is 1. The number of aromatic nitrogens is 3. The number of carbonyl (C=O) groups excluding carboxylic acids is 1. The first-order valence-corrected chi connectivity index (χ1v) is 12.0. The summed E-state index contributed by atoms with van der Waals surface area (Å²) in [5.41, 5.74) is 1.48. The normalized spacial score (nSPS) is 11.3. The van der Waals surface area contributed by atoms with Crippen LogP contribution in [-0.4, -0.2) is 38.6 Å². The molecule has 0 saturated heterocycles. The molecule has 33 heavy (non-hydrogen) atoms. The van der Waals surface area contributed by atoms with Crippen molar-refractivity contribution in [3.63, 3.8) is 0 Å². The number of hydrogen-bond acceptors (Lipinski definition) is 6. The standard InChI is InChI=1S/C24H29ClN4O3S/c1-6-31-18-9-11-19(12-10-18)32-14-21-27-28-23(33-15-22(30)26-24(3,4)5)29(21)17-8-7-16(2)20(25)13-17/h7-13H,6,14-15H2,1-5H3,(H,26,30). The summed E-state index contributed by atoms with van der Waals surface area (Å²) in [6.45, 7) is 10.5. The fourth-order valence-electron chi connectivity index (χ4n) is 3.00. The summed E-state index contributed by atoms with van der Waals surface area (Å²) in [5.74, 6) is 2.22. The first-order chi connectivity index (χ1) is 15.7. The molecule has 1 N–H and O–H groups in total. The van der Waals surface area contributed by atoms with Crippen LogP contribution in [0.15, 0.2) is 47.6 Å². The number of benzene rings is 2. The van der Waals surface area contributed by atoms with E-state index >= 15 is 0 Å². The first-order valence-electron chi connectivity index (χ1n) is 10.7. The van der Waals surface area contributed by atoms with Gasteiger partial charge in [0.15, 0.2) is 11.0 Å². The Morgan fingerprint density at radius 2 is 1.76 bits per heavy atom. The van der Waals surface area contributed by atoms with Crippen LogP contribution in [0.5, 0.6) is 11.5 Å². The molecule has 9 heteroatoms. The van der Waals surface area contributed by atoms with Crippen LogP contribution in [0.1, 0.15) is 39.1 Å². The SMILES string of the molecule is CCOc1ccc(OCc2nnc(SCC(=O)NC(C)(C)C)n2-c2ccc(C)c(Cl)c2)cc1. The highest BCUT2D eigenvalue weighted by Gasteiger charge is 2.19. The summed E-state index contributed by atoms with van der Waals surface area (Å²) < 4.78 is 13.3. The van der Waals surface area contributed by atoms with Crippen LogP contribution in [0.3, 0.4) is 0 Å². The van der Waals surface area contributed by atoms with Gasteiger partial charge < -0.3 is 14.8 Å². The molecule has 0 bridgehead atoms. The molecule has 1 aromatic heterocycles. The van der Waals surface area contributed by atoms with E-state index in [1.807, 2.05) is 81.7 Å². The highest BCUT2D eigenvalue weighted by molar-refractivity contribution is 7.99. The van der Waals surface area contributed by atoms with Gasteiger partial charge in [-0.1, -0.05) is 29.4 Å². The minimum atomic E-state index is -0.299. The van der Waals surface area contributed by atoms with Gasteiger partial charge in [-0.2, -0.15) is 0 Å². The molecule has 0 radical (unpaired) electrons. The van der Waals surface area contributed by atoms with Crippen molar-refractivity contribution < 1.29 is 14.3 Å². The van der Waals surface area contributed by atoms with Crippen molar-refractivity contribution in [2.45, 2.75) is 51.9 Å². The van der Waals surface area contributed by atoms with E-state index in [0.29, 0.717) is 28.4 Å². The number of nitrogens with one attached hydrogen (secondary N) is 1. The molecular formula is C24H29ClN4O3S. The van der Waals surface area contributed by atoms with E-state index in [0.717, 1.165) is 17.0 Å². The minimum Gasteiger partial charge on any atom is -0.494 e. The largest absolute Gasteiger partial charge is 0.494 e. The first kappa shape index (κ1) is 24.9. The number of nitrogens with zero attached hydrogens (tertiary/aromatic N) is 3. The van der Waals surface area contributed by atoms with Gasteiger partial charge in [-0.25, -0.2) is 0 Å². The van der Waals surface area contributed by atoms with Crippen molar-refractivity contribution in [3.8, 4) is 17.2 Å². The lowest BCUT2D eigenvalue weighted by molar-refractivity contribution is -0.119. The summed E-state index contributed by atoms with van der Waals surface area (Å²) in [4.78, 5) is 12.3. The van der Waals surface area contributed by atoms with Gasteiger partial charge in [0.1, 0.15) is 18.1 Å². The fraction of sp³-hybridized carbons (Fsp3) is 0.375. The smallest absolute Gasteiger partial charge is 0.230 e. The van der Waals surface area contributed by atoms with Crippen molar-refractivity contribution >= 4 is 29.3 Å². The Labute approximate surface area is 203 Å². The number of rotatable bonds is 9. The number of thioether (sulfide) groups is 1. The van der Waals surface area contributed by atoms with Gasteiger partial charge in [0.25, 0.3) is 0 Å². The molecule has 1 amide bonds. The lowest BCUT2D eigenvalue weighted by atomic mass is 10.1. The number of hydrogen-bond donors (Lipinski definition) is 1. The maximum atomic E-state index is 12.3. The summed E-state index contributed by atoms with van der Waals surface area (Å²) in [5, 5.41) is 12.8. The third kappa shape index (κ3) is 7.14. The second kappa shape index (κ2) is 10.9. The zero-order chi connectivity index (χ0) is 24.0. The van der Waals surface area contributed by atoms with Crippen LogP contribution in [0.4, 0.5) is 0 Å². The Morgan fingerprint density at radius 1 is 1.09 bits per heavy atom. The molecule has 0 aliphatic heterocycles. The Morgan fingerprint density at radius 3 is 2.36 bits per heavy atom. The number of halogens is 1. The van der Waals surface area contributed by atoms with Crippen molar-refractivity contribution in [2.75, 3.05) is 12.4 Å². The summed E-state index contributed by atoms with van der Waals surface area (Å²) in [6.07, 6.45) is 0. The Balaban J connectivity index is 1.82. The predicted octanol–water partition coefficient (Wildman–Crippen LogP) is 5.21. The van der Waals surface area contributed by atoms with Gasteiger partial charge in [-0.15, -0.1) is 10.2 Å². The van der Waals surface area contributed by atoms with E-state index in [9.17, 15) is 4.79 Å². The summed E-state index contributed by atoms with van der Waals surface area (Å²) >= 11 is 7.69. The molecule has 3 rings (SSSR count). The molecule has 0 fully saturated rings. The average molecular weight is 489 g/mol. The van der Waals surface area contributed by atoms with E-state index in [1.54, 1.807) is 0 Å². The van der Waals surface area contributed by atoms with Crippen molar-refractivity contribution in [1.82, 2.24) is 20.1 Å². The predicted molar refractivity (Wildman–Crippen MR) is 132 cm³/mol. The molecule has 0 unspecified atom stereocenters. The maximum absolute atomic E-state index is 12.3. The molecule has 176 valence electrons. The van der Waals surface area contributed by atoms with Gasteiger partial charge in [-0.3, -0.25) is 9.36 Å². The topological polar surface area (TPSA) is 78.3 Å². The molecular weight excluding hydrogens is 460 g/mol. The van der Waals surface area contributed by atoms with E-state index in [1.165, 1.54) is 11.8 Å². The second-order valence-electron chi connectivity index (χ2n) is 8.45. The van der Waals surface area contributed by atoms with Gasteiger partial charge in [-0.05, 0) is 76.6 Å². The molecule has 7 nitrogen and oxygen atoms in total. The third-order valence-electron chi connectivity index (χ3n) is 4.46. The van der Waals surface area contributed by atoms with Crippen LogP contribution >= 0.6 is 23.4 Å². The lowest BCUT2D eigenvalue weighted by Crippen LogP contribution is -2.41. The average Bonchev–Trinajstić information content (AvgIpc) is 3.15. The molecule has 0 aliphatic carbocycles. The van der Waals surface area contributed by atoms with E-state index < -0.39 is 0 Å². The van der Waals surface area contributed by atoms with Gasteiger partial charge in [0, 0.05) is 10.6 Å². The molecule has 1 heterocycles. The fourth-order valence-corrected chi connectivity index (χ4v) is 3.94. The second-order valence-corrected chi connectivity index (χ2v) is 9.80. The van der Waals surface area contributed by atoms with Crippen molar-refractivity contribution in [1.29, 1.82) is 0 Å². The Hall–Kier alpha value is -2.71. The van der Waals surface area contributed by atoms with Gasteiger partial charge >= 0.3 is 0 Å². The van der Waals surface area contributed by atoms with Crippen LogP contribution in [0.2, 0.25) is 5.02 Å². The summed E-state index contributed by atoms with van der Waals surface area (Å²) in [7, 11) is 0. The molecule has 0 atom stereocenters. The highest BCUT2D eigenvalue weighted by atomic mass is 35.5. The minimum absolute atomic E-state index is 0.0730. The summed E-state index contributed by atoms with van der Waals surface area (Å²) in [6, 6.07) is 13.2. The molecule has 0 aliphatic rings. The van der Waals surface area contributed by atoms with Gasteiger partial charge in [0.2, 0.25) is 5.91 Å². The van der Waals surface area contributed by atoms with E-state index in [4.69, 9.17) is 21.1 Å². The van der Waals surface area contributed by atoms with Crippen molar-refractivity contribution in [3.05, 3.63) is 58.9 Å². The molecule has 0 saturated carbocycles. The Bertz CT molecular complexity index is 1090. The maximum Gasteiger partial charge on any atom is 0.230 e. The molecule has 0 spiro atoms. The zero-order valence-electron chi connectivity index (χ0n) is 19.5. The van der Waals surface area contributed by atoms with Crippen LogP contribution in [-0.2, 0) is 11.4 Å². The van der Waals surface area contributed by atoms with Crippen LogP contribution in [0.25, 0.3) is 5.69 Å². The lowest BCUT2D eigenvalue weighted by Gasteiger charge is -2.20. The quantitative estimate of drug-likeness (QED) is 0.416. The zero-order valence-corrected chi connectivity index (χ0v) is 21.1. The van der Waals surface area contributed by atoms with Crippen LogP contribution in [0, 0.1) is 6.92 Å². The molecule has 3 aromatic rings. The highest BCUT2D eigenvalue weighted by Crippen LogP contribution is 2.27. The Kier molecular flexibility index (Phi) is 8.26. The number of amides is 1. The van der Waals surface area contributed by atoms with E-state index in [2.05, 4.69) is 15.5 Å². The monoisotopic (exact) mass is 488 g/mol.